The van der Waals surface area contributed by atoms with Crippen molar-refractivity contribution in [1.29, 1.82) is 0 Å². The number of benzene rings is 1. The maximum atomic E-state index is 12.3. The number of nitrogens with one attached hydrogen (secondary N) is 2. The zero-order valence-electron chi connectivity index (χ0n) is 15.4. The molecule has 1 aromatic carbocycles. The number of para-hydroxylation sites is 1. The van der Waals surface area contributed by atoms with Crippen LogP contribution in [0.2, 0.25) is 0 Å². The molecule has 1 aromatic heterocycles. The summed E-state index contributed by atoms with van der Waals surface area (Å²) < 4.78 is 5.50. The van der Waals surface area contributed by atoms with Crippen LogP contribution >= 0.6 is 0 Å². The average molecular weight is 344 g/mol. The number of aliphatic hydroxyl groups is 1. The van der Waals surface area contributed by atoms with E-state index in [0.717, 1.165) is 23.4 Å². The smallest absolute Gasteiger partial charge is 0.225 e. The summed E-state index contributed by atoms with van der Waals surface area (Å²) in [4.78, 5) is 12.3. The molecule has 0 saturated carbocycles. The number of furan rings is 1. The van der Waals surface area contributed by atoms with Gasteiger partial charge in [-0.15, -0.1) is 0 Å². The van der Waals surface area contributed by atoms with Gasteiger partial charge in [-0.05, 0) is 51.0 Å². The summed E-state index contributed by atoms with van der Waals surface area (Å²) in [6.07, 6.45) is 1.20. The first-order chi connectivity index (χ1) is 11.8. The summed E-state index contributed by atoms with van der Waals surface area (Å²) in [5.41, 5.74) is 0.862. The Balaban J connectivity index is 1.85. The fourth-order valence-corrected chi connectivity index (χ4v) is 2.69. The second-order valence-electron chi connectivity index (χ2n) is 6.73. The third kappa shape index (κ3) is 5.44. The third-order valence-corrected chi connectivity index (χ3v) is 4.23. The Hall–Kier alpha value is -2.11. The third-order valence-electron chi connectivity index (χ3n) is 4.23. The van der Waals surface area contributed by atoms with Crippen LogP contribution in [0.3, 0.4) is 0 Å². The molecule has 5 nitrogen and oxygen atoms in total. The van der Waals surface area contributed by atoms with E-state index < -0.39 is 5.60 Å². The summed E-state index contributed by atoms with van der Waals surface area (Å²) in [6, 6.07) is 11.3. The lowest BCUT2D eigenvalue weighted by Crippen LogP contribution is -2.40. The van der Waals surface area contributed by atoms with Crippen LogP contribution in [0.15, 0.2) is 40.8 Å². The van der Waals surface area contributed by atoms with Gasteiger partial charge in [-0.3, -0.25) is 4.79 Å². The fourth-order valence-electron chi connectivity index (χ4n) is 2.69. The topological polar surface area (TPSA) is 74.5 Å². The molecule has 5 heteroatoms. The van der Waals surface area contributed by atoms with E-state index in [1.807, 2.05) is 44.2 Å². The number of hydrogen-bond donors (Lipinski definition) is 3. The van der Waals surface area contributed by atoms with E-state index in [9.17, 15) is 9.90 Å². The molecule has 0 aliphatic carbocycles. The predicted molar refractivity (Wildman–Crippen MR) is 99.5 cm³/mol. The Kier molecular flexibility index (Phi) is 6.39. The van der Waals surface area contributed by atoms with Crippen molar-refractivity contribution in [2.45, 2.75) is 52.2 Å². The maximum Gasteiger partial charge on any atom is 0.225 e. The molecule has 0 spiro atoms. The molecule has 0 fully saturated rings. The summed E-state index contributed by atoms with van der Waals surface area (Å²) in [7, 11) is 0. The molecule has 3 N–H and O–H groups in total. The number of carbonyl (C=O) groups excluding carboxylic acids is 1. The predicted octanol–water partition coefficient (Wildman–Crippen LogP) is 3.36. The Bertz CT molecular complexity index is 706. The molecule has 0 bridgehead atoms. The molecule has 0 radical (unpaired) electrons. The molecule has 1 heterocycles. The van der Waals surface area contributed by atoms with Crippen LogP contribution in [-0.4, -0.2) is 23.6 Å². The zero-order chi connectivity index (χ0) is 18.4. The van der Waals surface area contributed by atoms with E-state index in [4.69, 9.17) is 4.42 Å². The number of anilines is 1. The van der Waals surface area contributed by atoms with E-state index in [2.05, 4.69) is 17.6 Å². The summed E-state index contributed by atoms with van der Waals surface area (Å²) in [5.74, 6) is 1.23. The Morgan fingerprint density at radius 3 is 2.64 bits per heavy atom. The largest absolute Gasteiger partial charge is 0.463 e. The first-order valence-corrected chi connectivity index (χ1v) is 8.72. The lowest BCUT2D eigenvalue weighted by molar-refractivity contribution is -0.116. The van der Waals surface area contributed by atoms with Crippen molar-refractivity contribution in [2.75, 3.05) is 11.9 Å². The van der Waals surface area contributed by atoms with Gasteiger partial charge in [0.25, 0.3) is 0 Å². The summed E-state index contributed by atoms with van der Waals surface area (Å²) >= 11 is 0. The molecular formula is C20H28N2O3. The molecule has 0 aliphatic rings. The number of rotatable bonds is 8. The van der Waals surface area contributed by atoms with E-state index in [1.165, 1.54) is 0 Å². The summed E-state index contributed by atoms with van der Waals surface area (Å²) in [6.45, 7) is 7.83. The standard InChI is InChI=1S/C20H28N2O3/c1-5-16-8-6-7-9-17(16)22-19(23)12-14(2)21-13-20(4,24)18-11-10-15(3)25-18/h6-11,14,21,24H,5,12-13H2,1-4H3,(H,22,23). The highest BCUT2D eigenvalue weighted by atomic mass is 16.4. The van der Waals surface area contributed by atoms with Gasteiger partial charge in [0.05, 0.1) is 0 Å². The van der Waals surface area contributed by atoms with Crippen LogP contribution in [0.4, 0.5) is 5.69 Å². The van der Waals surface area contributed by atoms with Crippen molar-refractivity contribution in [3.63, 3.8) is 0 Å². The van der Waals surface area contributed by atoms with E-state index in [-0.39, 0.29) is 11.9 Å². The normalized spacial score (nSPS) is 14.8. The lowest BCUT2D eigenvalue weighted by atomic mass is 10.0. The van der Waals surface area contributed by atoms with E-state index >= 15 is 0 Å². The molecule has 0 aliphatic heterocycles. The van der Waals surface area contributed by atoms with Gasteiger partial charge < -0.3 is 20.2 Å². The minimum absolute atomic E-state index is 0.0469. The van der Waals surface area contributed by atoms with Gasteiger partial charge >= 0.3 is 0 Å². The van der Waals surface area contributed by atoms with Gasteiger partial charge in [0, 0.05) is 24.7 Å². The SMILES string of the molecule is CCc1ccccc1NC(=O)CC(C)NCC(C)(O)c1ccc(C)o1. The van der Waals surface area contributed by atoms with Crippen molar-refractivity contribution in [2.24, 2.45) is 0 Å². The molecule has 25 heavy (non-hydrogen) atoms. The summed E-state index contributed by atoms with van der Waals surface area (Å²) in [5, 5.41) is 16.7. The van der Waals surface area contributed by atoms with Gasteiger partial charge in [-0.25, -0.2) is 0 Å². The van der Waals surface area contributed by atoms with E-state index in [0.29, 0.717) is 18.7 Å². The van der Waals surface area contributed by atoms with Crippen LogP contribution in [0.25, 0.3) is 0 Å². The van der Waals surface area contributed by atoms with Crippen molar-refractivity contribution < 1.29 is 14.3 Å². The van der Waals surface area contributed by atoms with Crippen LogP contribution in [0, 0.1) is 6.92 Å². The molecule has 2 unspecified atom stereocenters. The molecule has 1 amide bonds. The van der Waals surface area contributed by atoms with Gasteiger partial charge in [0.15, 0.2) is 0 Å². The highest BCUT2D eigenvalue weighted by Gasteiger charge is 2.27. The van der Waals surface area contributed by atoms with Gasteiger partial charge in [-0.1, -0.05) is 25.1 Å². The highest BCUT2D eigenvalue weighted by Crippen LogP contribution is 2.22. The minimum Gasteiger partial charge on any atom is -0.463 e. The fraction of sp³-hybridized carbons (Fsp3) is 0.450. The van der Waals surface area contributed by atoms with Gasteiger partial charge in [0.1, 0.15) is 17.1 Å². The molecule has 2 aromatic rings. The van der Waals surface area contributed by atoms with Crippen LogP contribution < -0.4 is 10.6 Å². The lowest BCUT2D eigenvalue weighted by Gasteiger charge is -2.24. The Morgan fingerprint density at radius 1 is 1.28 bits per heavy atom. The molecular weight excluding hydrogens is 316 g/mol. The zero-order valence-corrected chi connectivity index (χ0v) is 15.4. The van der Waals surface area contributed by atoms with Gasteiger partial charge in [0.2, 0.25) is 5.91 Å². The molecule has 136 valence electrons. The Morgan fingerprint density at radius 2 is 2.00 bits per heavy atom. The monoisotopic (exact) mass is 344 g/mol. The van der Waals surface area contributed by atoms with Crippen molar-refractivity contribution in [3.8, 4) is 0 Å². The van der Waals surface area contributed by atoms with Crippen molar-refractivity contribution in [3.05, 3.63) is 53.5 Å². The number of aryl methyl sites for hydroxylation is 2. The van der Waals surface area contributed by atoms with Crippen LogP contribution in [-0.2, 0) is 16.8 Å². The van der Waals surface area contributed by atoms with Crippen molar-refractivity contribution >= 4 is 11.6 Å². The second-order valence-corrected chi connectivity index (χ2v) is 6.73. The van der Waals surface area contributed by atoms with E-state index in [1.54, 1.807) is 13.0 Å². The number of carbonyl (C=O) groups is 1. The highest BCUT2D eigenvalue weighted by molar-refractivity contribution is 5.91. The molecule has 2 rings (SSSR count). The maximum absolute atomic E-state index is 12.3. The Labute approximate surface area is 149 Å². The van der Waals surface area contributed by atoms with Gasteiger partial charge in [-0.2, -0.15) is 0 Å². The minimum atomic E-state index is -1.12. The number of amides is 1. The van der Waals surface area contributed by atoms with Crippen LogP contribution in [0.5, 0.6) is 0 Å². The molecule has 2 atom stereocenters. The number of hydrogen-bond acceptors (Lipinski definition) is 4. The quantitative estimate of drug-likeness (QED) is 0.686. The van der Waals surface area contributed by atoms with Crippen molar-refractivity contribution in [1.82, 2.24) is 5.32 Å². The second kappa shape index (κ2) is 8.32. The first kappa shape index (κ1) is 19.2. The van der Waals surface area contributed by atoms with Crippen LogP contribution in [0.1, 0.15) is 44.3 Å². The first-order valence-electron chi connectivity index (χ1n) is 8.72. The molecule has 0 saturated heterocycles. The average Bonchev–Trinajstić information content (AvgIpc) is 3.01.